The number of aromatic nitrogens is 3. The fraction of sp³-hybridized carbons (Fsp3) is 0.364. The Morgan fingerprint density at radius 1 is 1.24 bits per heavy atom. The summed E-state index contributed by atoms with van der Waals surface area (Å²) in [4.78, 5) is 14.8. The second-order valence-electron chi connectivity index (χ2n) is 3.81. The van der Waals surface area contributed by atoms with Gasteiger partial charge in [-0.1, -0.05) is 0 Å². The fourth-order valence-corrected chi connectivity index (χ4v) is 2.12. The predicted molar refractivity (Wildman–Crippen MR) is 65.4 cm³/mol. The number of anilines is 1. The maximum absolute atomic E-state index is 5.94. The number of pyridine rings is 1. The second-order valence-corrected chi connectivity index (χ2v) is 4.15. The van der Waals surface area contributed by atoms with Crippen molar-refractivity contribution >= 4 is 28.3 Å². The Balaban J connectivity index is 2.13. The molecule has 3 rings (SSSR count). The highest BCUT2D eigenvalue weighted by Gasteiger charge is 2.16. The highest BCUT2D eigenvalue weighted by Crippen LogP contribution is 2.24. The molecular weight excluding hydrogens is 240 g/mol. The number of nitrogens with zero attached hydrogens (tertiary/aromatic N) is 4. The van der Waals surface area contributed by atoms with Crippen molar-refractivity contribution in [3.05, 3.63) is 23.7 Å². The third kappa shape index (κ3) is 2.03. The van der Waals surface area contributed by atoms with Crippen LogP contribution in [0.2, 0.25) is 5.28 Å². The molecule has 1 aliphatic rings. The molecule has 2 aromatic rings. The molecule has 5 nitrogen and oxygen atoms in total. The maximum atomic E-state index is 5.94. The van der Waals surface area contributed by atoms with Crippen LogP contribution < -0.4 is 4.90 Å². The molecule has 0 radical (unpaired) electrons. The first kappa shape index (κ1) is 10.7. The smallest absolute Gasteiger partial charge is 0.224 e. The molecule has 0 aliphatic carbocycles. The van der Waals surface area contributed by atoms with E-state index in [1.807, 2.05) is 6.07 Å². The van der Waals surface area contributed by atoms with Crippen molar-refractivity contribution < 1.29 is 4.74 Å². The van der Waals surface area contributed by atoms with Crippen LogP contribution in [0.15, 0.2) is 18.5 Å². The third-order valence-electron chi connectivity index (χ3n) is 2.76. The van der Waals surface area contributed by atoms with Crippen molar-refractivity contribution in [3.63, 3.8) is 0 Å². The summed E-state index contributed by atoms with van der Waals surface area (Å²) in [5, 5.41) is 1.20. The molecule has 2 aromatic heterocycles. The van der Waals surface area contributed by atoms with Gasteiger partial charge in [0.15, 0.2) is 0 Å². The van der Waals surface area contributed by atoms with E-state index < -0.39 is 0 Å². The minimum Gasteiger partial charge on any atom is -0.378 e. The summed E-state index contributed by atoms with van der Waals surface area (Å²) in [6.07, 6.45) is 3.48. The summed E-state index contributed by atoms with van der Waals surface area (Å²) in [5.41, 5.74) is 0.821. The van der Waals surface area contributed by atoms with Gasteiger partial charge < -0.3 is 9.64 Å². The number of rotatable bonds is 1. The van der Waals surface area contributed by atoms with E-state index >= 15 is 0 Å². The normalized spacial score (nSPS) is 16.4. The molecule has 0 saturated carbocycles. The van der Waals surface area contributed by atoms with Crippen LogP contribution in [0.25, 0.3) is 10.9 Å². The van der Waals surface area contributed by atoms with Crippen molar-refractivity contribution in [1.82, 2.24) is 15.0 Å². The Hall–Kier alpha value is -1.46. The van der Waals surface area contributed by atoms with E-state index in [1.54, 1.807) is 12.4 Å². The average molecular weight is 251 g/mol. The number of hydrogen-bond acceptors (Lipinski definition) is 5. The van der Waals surface area contributed by atoms with Crippen LogP contribution in [0.4, 0.5) is 5.82 Å². The molecule has 3 heterocycles. The first-order chi connectivity index (χ1) is 8.34. The Bertz CT molecular complexity index is 542. The number of ether oxygens (including phenoxy) is 1. The van der Waals surface area contributed by atoms with Gasteiger partial charge in [-0.3, -0.25) is 4.98 Å². The Morgan fingerprint density at radius 3 is 2.88 bits per heavy atom. The van der Waals surface area contributed by atoms with Gasteiger partial charge in [0.25, 0.3) is 0 Å². The maximum Gasteiger partial charge on any atom is 0.224 e. The van der Waals surface area contributed by atoms with Gasteiger partial charge in [0, 0.05) is 25.5 Å². The van der Waals surface area contributed by atoms with Gasteiger partial charge in [0.05, 0.1) is 24.1 Å². The number of halogens is 1. The summed E-state index contributed by atoms with van der Waals surface area (Å²) in [5.74, 6) is 0.844. The Kier molecular flexibility index (Phi) is 2.78. The Morgan fingerprint density at radius 2 is 2.06 bits per heavy atom. The molecule has 0 spiro atoms. The number of hydrogen-bond donors (Lipinski definition) is 0. The topological polar surface area (TPSA) is 51.1 Å². The molecule has 0 atom stereocenters. The predicted octanol–water partition coefficient (Wildman–Crippen LogP) is 1.51. The number of fused-ring (bicyclic) bond motifs is 1. The van der Waals surface area contributed by atoms with Gasteiger partial charge in [-0.2, -0.15) is 4.98 Å². The van der Waals surface area contributed by atoms with Gasteiger partial charge in [-0.05, 0) is 17.7 Å². The molecule has 0 amide bonds. The summed E-state index contributed by atoms with van der Waals surface area (Å²) in [6, 6.07) is 1.84. The van der Waals surface area contributed by atoms with Gasteiger partial charge in [-0.15, -0.1) is 0 Å². The van der Waals surface area contributed by atoms with Crippen LogP contribution >= 0.6 is 11.6 Å². The van der Waals surface area contributed by atoms with E-state index in [1.165, 1.54) is 0 Å². The summed E-state index contributed by atoms with van der Waals surface area (Å²) in [7, 11) is 0. The molecule has 1 saturated heterocycles. The highest BCUT2D eigenvalue weighted by atomic mass is 35.5. The molecule has 88 valence electrons. The lowest BCUT2D eigenvalue weighted by molar-refractivity contribution is 0.122. The lowest BCUT2D eigenvalue weighted by Gasteiger charge is -2.28. The summed E-state index contributed by atoms with van der Waals surface area (Å²) in [6.45, 7) is 3.06. The van der Waals surface area contributed by atoms with E-state index in [0.717, 1.165) is 29.8 Å². The minimum atomic E-state index is 0.269. The van der Waals surface area contributed by atoms with Crippen LogP contribution in [0.1, 0.15) is 0 Å². The van der Waals surface area contributed by atoms with E-state index in [-0.39, 0.29) is 5.28 Å². The average Bonchev–Trinajstić information content (AvgIpc) is 2.39. The monoisotopic (exact) mass is 250 g/mol. The molecule has 0 N–H and O–H groups in total. The molecular formula is C11H11ClN4O. The van der Waals surface area contributed by atoms with E-state index in [9.17, 15) is 0 Å². The highest BCUT2D eigenvalue weighted by molar-refractivity contribution is 6.28. The number of morpholine rings is 1. The molecule has 1 fully saturated rings. The Labute approximate surface area is 103 Å². The second kappa shape index (κ2) is 4.43. The van der Waals surface area contributed by atoms with E-state index in [0.29, 0.717) is 13.2 Å². The van der Waals surface area contributed by atoms with Crippen molar-refractivity contribution in [2.75, 3.05) is 31.2 Å². The van der Waals surface area contributed by atoms with Crippen molar-refractivity contribution in [2.45, 2.75) is 0 Å². The molecule has 17 heavy (non-hydrogen) atoms. The zero-order valence-electron chi connectivity index (χ0n) is 9.14. The molecule has 1 aliphatic heterocycles. The van der Waals surface area contributed by atoms with Gasteiger partial charge >= 0.3 is 0 Å². The first-order valence-electron chi connectivity index (χ1n) is 5.44. The van der Waals surface area contributed by atoms with Crippen LogP contribution in [-0.4, -0.2) is 41.3 Å². The minimum absolute atomic E-state index is 0.269. The fourth-order valence-electron chi connectivity index (χ4n) is 1.95. The standard InChI is InChI=1S/C11H11ClN4O/c12-11-14-9-1-2-13-7-8(9)10(15-11)16-3-5-17-6-4-16/h1-2,7H,3-6H2. The van der Waals surface area contributed by atoms with Gasteiger partial charge in [-0.25, -0.2) is 4.98 Å². The van der Waals surface area contributed by atoms with Crippen LogP contribution in [0.3, 0.4) is 0 Å². The van der Waals surface area contributed by atoms with Crippen molar-refractivity contribution in [2.24, 2.45) is 0 Å². The zero-order valence-corrected chi connectivity index (χ0v) is 9.89. The SMILES string of the molecule is Clc1nc(N2CCOCC2)c2cnccc2n1. The van der Waals surface area contributed by atoms with E-state index in [4.69, 9.17) is 16.3 Å². The van der Waals surface area contributed by atoms with Crippen LogP contribution in [0, 0.1) is 0 Å². The summed E-state index contributed by atoms with van der Waals surface area (Å²) < 4.78 is 5.33. The third-order valence-corrected chi connectivity index (χ3v) is 2.93. The molecule has 0 bridgehead atoms. The summed E-state index contributed by atoms with van der Waals surface area (Å²) >= 11 is 5.94. The first-order valence-corrected chi connectivity index (χ1v) is 5.82. The van der Waals surface area contributed by atoms with Crippen LogP contribution in [-0.2, 0) is 4.74 Å². The molecule has 6 heteroatoms. The van der Waals surface area contributed by atoms with E-state index in [2.05, 4.69) is 19.9 Å². The quantitative estimate of drug-likeness (QED) is 0.718. The van der Waals surface area contributed by atoms with Crippen LogP contribution in [0.5, 0.6) is 0 Å². The zero-order chi connectivity index (χ0) is 11.7. The lowest BCUT2D eigenvalue weighted by atomic mass is 10.2. The molecule has 0 aromatic carbocycles. The van der Waals surface area contributed by atoms with Crippen molar-refractivity contribution in [3.8, 4) is 0 Å². The lowest BCUT2D eigenvalue weighted by Crippen LogP contribution is -2.37. The molecule has 0 unspecified atom stereocenters. The van der Waals surface area contributed by atoms with Crippen molar-refractivity contribution in [1.29, 1.82) is 0 Å². The largest absolute Gasteiger partial charge is 0.378 e. The van der Waals surface area contributed by atoms with Gasteiger partial charge in [0.1, 0.15) is 5.82 Å². The van der Waals surface area contributed by atoms with Gasteiger partial charge in [0.2, 0.25) is 5.28 Å².